The lowest BCUT2D eigenvalue weighted by Crippen LogP contribution is -2.74. The number of rotatable bonds is 8. The zero-order valence-corrected chi connectivity index (χ0v) is 31.6. The van der Waals surface area contributed by atoms with Crippen molar-refractivity contribution in [2.75, 3.05) is 0 Å². The van der Waals surface area contributed by atoms with Gasteiger partial charge < -0.3 is 18.7 Å². The molecule has 4 nitrogen and oxygen atoms in total. The summed E-state index contributed by atoms with van der Waals surface area (Å²) in [5, 5.41) is 15.7. The van der Waals surface area contributed by atoms with Crippen LogP contribution in [0, 0.1) is 0 Å². The lowest BCUT2D eigenvalue weighted by atomic mass is 10.0. The molecule has 1 heterocycles. The molecule has 4 aromatic rings. The predicted molar refractivity (Wildman–Crippen MR) is 199 cm³/mol. The largest absolute Gasteiger partial charge is 0.400 e. The summed E-state index contributed by atoms with van der Waals surface area (Å²) in [6.07, 6.45) is -2.28. The highest BCUT2D eigenvalue weighted by Crippen LogP contribution is 2.44. The monoisotopic (exact) mass is 750 g/mol. The first kappa shape index (κ1) is 34.2. The molecule has 5 rings (SSSR count). The van der Waals surface area contributed by atoms with E-state index in [0.717, 1.165) is 0 Å². The average Bonchev–Trinajstić information content (AvgIpc) is 3.02. The van der Waals surface area contributed by atoms with Crippen LogP contribution in [0.5, 0.6) is 0 Å². The highest BCUT2D eigenvalue weighted by atomic mass is 127. The molecule has 1 aliphatic rings. The molecule has 0 amide bonds. The summed E-state index contributed by atoms with van der Waals surface area (Å²) in [6.45, 7) is 15.8. The van der Waals surface area contributed by atoms with E-state index in [1.54, 1.807) is 0 Å². The Bertz CT molecular complexity index is 1430. The smallest absolute Gasteiger partial charge is 0.261 e. The Morgan fingerprint density at radius 1 is 0.556 bits per heavy atom. The van der Waals surface area contributed by atoms with Crippen LogP contribution in [-0.4, -0.2) is 50.3 Å². The maximum atomic E-state index is 11.3. The summed E-state index contributed by atoms with van der Waals surface area (Å²) in [6, 6.07) is 42.8. The van der Waals surface area contributed by atoms with Gasteiger partial charge in [0.25, 0.3) is 16.6 Å². The number of benzene rings is 4. The third kappa shape index (κ3) is 6.42. The van der Waals surface area contributed by atoms with Crippen molar-refractivity contribution in [2.24, 2.45) is 0 Å². The van der Waals surface area contributed by atoms with Gasteiger partial charge in [-0.3, -0.25) is 0 Å². The second-order valence-electron chi connectivity index (χ2n) is 14.2. The summed E-state index contributed by atoms with van der Waals surface area (Å²) >= 11 is 2.34. The minimum Gasteiger partial charge on any atom is -0.400 e. The van der Waals surface area contributed by atoms with E-state index < -0.39 is 41.2 Å². The first-order chi connectivity index (χ1) is 21.3. The van der Waals surface area contributed by atoms with E-state index in [1.807, 2.05) is 6.92 Å². The van der Waals surface area contributed by atoms with E-state index in [0.29, 0.717) is 0 Å². The number of alkyl halides is 1. The molecule has 7 heteroatoms. The molecule has 0 aromatic heterocycles. The topological polar surface area (TPSA) is 47.9 Å². The van der Waals surface area contributed by atoms with E-state index >= 15 is 0 Å². The van der Waals surface area contributed by atoms with Crippen LogP contribution in [0.25, 0.3) is 0 Å². The molecule has 0 unspecified atom stereocenters. The average molecular weight is 751 g/mol. The molecule has 238 valence electrons. The van der Waals surface area contributed by atoms with Crippen molar-refractivity contribution in [1.29, 1.82) is 0 Å². The molecule has 1 aliphatic heterocycles. The lowest BCUT2D eigenvalue weighted by molar-refractivity contribution is -0.211. The first-order valence-electron chi connectivity index (χ1n) is 15.9. The van der Waals surface area contributed by atoms with E-state index in [2.05, 4.69) is 185 Å². The molecule has 1 N–H and O–H groups in total. The third-order valence-corrected chi connectivity index (χ3v) is 20.6. The lowest BCUT2D eigenvalue weighted by Gasteiger charge is -2.53. The number of hydrogen-bond acceptors (Lipinski definition) is 4. The van der Waals surface area contributed by atoms with Gasteiger partial charge in [-0.15, -0.1) is 0 Å². The minimum absolute atomic E-state index is 0.228. The van der Waals surface area contributed by atoms with Crippen LogP contribution in [0.3, 0.4) is 0 Å². The molecular weight excluding hydrogens is 703 g/mol. The molecule has 1 saturated heterocycles. The fourth-order valence-corrected chi connectivity index (χ4v) is 17.5. The Morgan fingerprint density at radius 3 is 1.13 bits per heavy atom. The predicted octanol–water partition coefficient (Wildman–Crippen LogP) is 6.42. The van der Waals surface area contributed by atoms with Crippen molar-refractivity contribution in [1.82, 2.24) is 0 Å². The molecule has 45 heavy (non-hydrogen) atoms. The summed E-state index contributed by atoms with van der Waals surface area (Å²) < 4.78 is 21.5. The standard InChI is InChI=1S/C38H47IO4Si2/c1-28-34(42-44(37(2,3)4,29-20-12-8-13-21-29)30-22-14-9-15-23-30)35(33(39)36(40)41-28)43-45(38(5,6)7,31-24-16-10-17-25-31)32-26-18-11-19-27-32/h8-28,33-36,40H,1-7H3/t28-,33+,34-,35-,36+/m1/s1. The number of ether oxygens (including phenoxy) is 1. The minimum atomic E-state index is -3.00. The van der Waals surface area contributed by atoms with Crippen molar-refractivity contribution >= 4 is 60.0 Å². The summed E-state index contributed by atoms with van der Waals surface area (Å²) in [7, 11) is -5.98. The van der Waals surface area contributed by atoms with Crippen LogP contribution in [0.2, 0.25) is 10.1 Å². The Labute approximate surface area is 285 Å². The zero-order chi connectivity index (χ0) is 32.5. The van der Waals surface area contributed by atoms with Crippen molar-refractivity contribution < 1.29 is 18.7 Å². The fraction of sp³-hybridized carbons (Fsp3) is 0.368. The van der Waals surface area contributed by atoms with Gasteiger partial charge in [0, 0.05) is 0 Å². The Balaban J connectivity index is 1.74. The molecule has 0 bridgehead atoms. The van der Waals surface area contributed by atoms with E-state index in [-0.39, 0.29) is 14.0 Å². The van der Waals surface area contributed by atoms with Gasteiger partial charge in [0.2, 0.25) is 0 Å². The zero-order valence-electron chi connectivity index (χ0n) is 27.5. The van der Waals surface area contributed by atoms with Crippen molar-refractivity contribution in [2.45, 2.75) is 87.1 Å². The summed E-state index contributed by atoms with van der Waals surface area (Å²) in [4.78, 5) is 0. The SMILES string of the molecule is C[C@H]1O[C@H](O)[C@@H](I)[C@@H](O[Si](c2ccccc2)(c2ccccc2)C(C)(C)C)[C@@H]1O[Si](c1ccccc1)(c1ccccc1)C(C)(C)C. The highest BCUT2D eigenvalue weighted by Gasteiger charge is 2.59. The molecule has 0 radical (unpaired) electrons. The molecule has 1 fully saturated rings. The fourth-order valence-electron chi connectivity index (χ4n) is 7.07. The maximum absolute atomic E-state index is 11.3. The molecule has 5 atom stereocenters. The quantitative estimate of drug-likeness (QED) is 0.129. The van der Waals surface area contributed by atoms with Crippen LogP contribution in [0.4, 0.5) is 0 Å². The molecular formula is C38H47IO4Si2. The third-order valence-electron chi connectivity index (χ3n) is 9.19. The molecule has 4 aromatic carbocycles. The Morgan fingerprint density at radius 2 is 0.844 bits per heavy atom. The van der Waals surface area contributed by atoms with Crippen LogP contribution < -0.4 is 20.7 Å². The van der Waals surface area contributed by atoms with Crippen LogP contribution in [0.1, 0.15) is 48.5 Å². The number of aliphatic hydroxyl groups is 1. The Hall–Kier alpha value is -2.12. The summed E-state index contributed by atoms with van der Waals surface area (Å²) in [5.74, 6) is 0. The second kappa shape index (κ2) is 13.5. The van der Waals surface area contributed by atoms with Crippen molar-refractivity contribution in [3.8, 4) is 0 Å². The van der Waals surface area contributed by atoms with E-state index in [1.165, 1.54) is 20.7 Å². The van der Waals surface area contributed by atoms with Crippen molar-refractivity contribution in [3.05, 3.63) is 121 Å². The van der Waals surface area contributed by atoms with Crippen LogP contribution in [-0.2, 0) is 13.6 Å². The highest BCUT2D eigenvalue weighted by molar-refractivity contribution is 14.1. The Kier molecular flexibility index (Phi) is 10.3. The number of hydrogen-bond donors (Lipinski definition) is 1. The first-order valence-corrected chi connectivity index (χ1v) is 20.9. The van der Waals surface area contributed by atoms with Crippen LogP contribution in [0.15, 0.2) is 121 Å². The normalized spacial score (nSPS) is 23.1. The van der Waals surface area contributed by atoms with E-state index in [4.69, 9.17) is 13.6 Å². The molecule has 0 aliphatic carbocycles. The maximum Gasteiger partial charge on any atom is 0.261 e. The van der Waals surface area contributed by atoms with Gasteiger partial charge in [-0.1, -0.05) is 185 Å². The van der Waals surface area contributed by atoms with Gasteiger partial charge in [-0.05, 0) is 37.7 Å². The van der Waals surface area contributed by atoms with Gasteiger partial charge in [0.05, 0.1) is 22.2 Å². The van der Waals surface area contributed by atoms with Gasteiger partial charge >= 0.3 is 0 Å². The molecule has 0 saturated carbocycles. The van der Waals surface area contributed by atoms with Gasteiger partial charge in [-0.25, -0.2) is 0 Å². The number of halogens is 1. The molecule has 0 spiro atoms. The van der Waals surface area contributed by atoms with Crippen LogP contribution >= 0.6 is 22.6 Å². The summed E-state index contributed by atoms with van der Waals surface area (Å²) in [5.41, 5.74) is 0. The van der Waals surface area contributed by atoms with E-state index in [9.17, 15) is 5.11 Å². The number of aliphatic hydroxyl groups excluding tert-OH is 1. The second-order valence-corrected chi connectivity index (χ2v) is 24.1. The van der Waals surface area contributed by atoms with Gasteiger partial charge in [0.15, 0.2) is 6.29 Å². The van der Waals surface area contributed by atoms with Gasteiger partial charge in [-0.2, -0.15) is 0 Å². The van der Waals surface area contributed by atoms with Crippen molar-refractivity contribution in [3.63, 3.8) is 0 Å². The van der Waals surface area contributed by atoms with Gasteiger partial charge in [0.1, 0.15) is 0 Å².